The molecule has 1 aliphatic carbocycles. The van der Waals surface area contributed by atoms with Gasteiger partial charge in [-0.1, -0.05) is 24.1 Å². The van der Waals surface area contributed by atoms with E-state index in [1.54, 1.807) is 7.05 Å². The molecule has 0 heterocycles. The van der Waals surface area contributed by atoms with Gasteiger partial charge in [-0.2, -0.15) is 0 Å². The molecule has 0 bridgehead atoms. The van der Waals surface area contributed by atoms with Crippen LogP contribution >= 0.6 is 11.8 Å². The second-order valence-corrected chi connectivity index (χ2v) is 6.74. The van der Waals surface area contributed by atoms with E-state index in [-0.39, 0.29) is 5.92 Å². The standard InChI is InChI=1S/C16H23NO2S/c1-12-5-3-7-14(11-12)20-10-8-13-6-4-9-16(13,17-2)15(18)19/h3,5,7,11,13,17H,4,6,8-10H2,1-2H3,(H,18,19). The summed E-state index contributed by atoms with van der Waals surface area (Å²) in [5.74, 6) is 0.524. The van der Waals surface area contributed by atoms with Crippen molar-refractivity contribution in [2.75, 3.05) is 12.8 Å². The van der Waals surface area contributed by atoms with E-state index in [0.717, 1.165) is 31.4 Å². The first-order valence-electron chi connectivity index (χ1n) is 7.20. The summed E-state index contributed by atoms with van der Waals surface area (Å²) in [5.41, 5.74) is 0.568. The number of benzene rings is 1. The van der Waals surface area contributed by atoms with Crippen molar-refractivity contribution in [1.82, 2.24) is 5.32 Å². The van der Waals surface area contributed by atoms with Crippen LogP contribution in [-0.2, 0) is 4.79 Å². The molecule has 20 heavy (non-hydrogen) atoms. The molecule has 2 N–H and O–H groups in total. The van der Waals surface area contributed by atoms with E-state index in [1.165, 1.54) is 10.5 Å². The molecule has 1 saturated carbocycles. The third-order valence-corrected chi connectivity index (χ3v) is 5.40. The minimum Gasteiger partial charge on any atom is -0.480 e. The zero-order valence-corrected chi connectivity index (χ0v) is 13.0. The lowest BCUT2D eigenvalue weighted by molar-refractivity contribution is -0.146. The summed E-state index contributed by atoms with van der Waals surface area (Å²) < 4.78 is 0. The largest absolute Gasteiger partial charge is 0.480 e. The molecule has 1 fully saturated rings. The Morgan fingerprint density at radius 3 is 3.00 bits per heavy atom. The molecular formula is C16H23NO2S. The van der Waals surface area contributed by atoms with E-state index in [9.17, 15) is 9.90 Å². The Morgan fingerprint density at radius 1 is 1.55 bits per heavy atom. The summed E-state index contributed by atoms with van der Waals surface area (Å²) in [6.45, 7) is 2.09. The van der Waals surface area contributed by atoms with Crippen LogP contribution in [-0.4, -0.2) is 29.4 Å². The van der Waals surface area contributed by atoms with Gasteiger partial charge in [-0.3, -0.25) is 4.79 Å². The second-order valence-electron chi connectivity index (χ2n) is 5.57. The number of aryl methyl sites for hydroxylation is 1. The predicted molar refractivity (Wildman–Crippen MR) is 83.3 cm³/mol. The highest BCUT2D eigenvalue weighted by Gasteiger charge is 2.47. The lowest BCUT2D eigenvalue weighted by Crippen LogP contribution is -2.53. The number of nitrogens with one attached hydrogen (secondary N) is 1. The van der Waals surface area contributed by atoms with E-state index >= 15 is 0 Å². The van der Waals surface area contributed by atoms with Gasteiger partial charge in [0.25, 0.3) is 0 Å². The highest BCUT2D eigenvalue weighted by atomic mass is 32.2. The Bertz CT molecular complexity index is 477. The number of thioether (sulfide) groups is 1. The van der Waals surface area contributed by atoms with Gasteiger partial charge in [0.1, 0.15) is 5.54 Å². The number of rotatable bonds is 6. The Labute approximate surface area is 125 Å². The van der Waals surface area contributed by atoms with Crippen molar-refractivity contribution in [2.24, 2.45) is 5.92 Å². The monoisotopic (exact) mass is 293 g/mol. The topological polar surface area (TPSA) is 49.3 Å². The fourth-order valence-electron chi connectivity index (χ4n) is 3.21. The van der Waals surface area contributed by atoms with Crippen LogP contribution < -0.4 is 5.32 Å². The Balaban J connectivity index is 1.92. The van der Waals surface area contributed by atoms with Crippen molar-refractivity contribution in [2.45, 2.75) is 43.0 Å². The molecule has 0 aromatic heterocycles. The molecule has 1 aromatic carbocycles. The van der Waals surface area contributed by atoms with Crippen molar-refractivity contribution in [3.05, 3.63) is 29.8 Å². The average molecular weight is 293 g/mol. The van der Waals surface area contributed by atoms with Crippen LogP contribution in [0.1, 0.15) is 31.2 Å². The summed E-state index contributed by atoms with van der Waals surface area (Å²) in [6, 6.07) is 8.47. The normalized spacial score (nSPS) is 25.8. The highest BCUT2D eigenvalue weighted by molar-refractivity contribution is 7.99. The van der Waals surface area contributed by atoms with Gasteiger partial charge in [-0.15, -0.1) is 11.8 Å². The summed E-state index contributed by atoms with van der Waals surface area (Å²) in [4.78, 5) is 12.8. The van der Waals surface area contributed by atoms with Gasteiger partial charge >= 0.3 is 5.97 Å². The smallest absolute Gasteiger partial charge is 0.324 e. The minimum atomic E-state index is -0.701. The van der Waals surface area contributed by atoms with Crippen molar-refractivity contribution in [3.63, 3.8) is 0 Å². The van der Waals surface area contributed by atoms with E-state index in [0.29, 0.717) is 0 Å². The highest BCUT2D eigenvalue weighted by Crippen LogP contribution is 2.39. The van der Waals surface area contributed by atoms with E-state index in [1.807, 2.05) is 11.8 Å². The molecule has 3 nitrogen and oxygen atoms in total. The molecule has 1 aromatic rings. The van der Waals surface area contributed by atoms with Crippen LogP contribution in [0.4, 0.5) is 0 Å². The van der Waals surface area contributed by atoms with Gasteiger partial charge in [0, 0.05) is 4.90 Å². The number of likely N-dealkylation sites (N-methyl/N-ethyl adjacent to an activating group) is 1. The molecule has 0 aliphatic heterocycles. The van der Waals surface area contributed by atoms with Gasteiger partial charge < -0.3 is 10.4 Å². The van der Waals surface area contributed by atoms with Crippen LogP contribution in [0.15, 0.2) is 29.2 Å². The summed E-state index contributed by atoms with van der Waals surface area (Å²) in [6.07, 6.45) is 3.72. The molecule has 0 saturated heterocycles. The van der Waals surface area contributed by atoms with Crippen molar-refractivity contribution in [1.29, 1.82) is 0 Å². The molecule has 0 amide bonds. The SMILES string of the molecule is CNC1(C(=O)O)CCCC1CCSc1cccc(C)c1. The van der Waals surface area contributed by atoms with Gasteiger partial charge in [0.05, 0.1) is 0 Å². The average Bonchev–Trinajstić information content (AvgIpc) is 2.83. The number of aliphatic carboxylic acids is 1. The molecule has 110 valence electrons. The van der Waals surface area contributed by atoms with Gasteiger partial charge in [-0.25, -0.2) is 0 Å². The maximum absolute atomic E-state index is 11.6. The van der Waals surface area contributed by atoms with Crippen LogP contribution in [0.25, 0.3) is 0 Å². The number of carboxylic acids is 1. The first-order chi connectivity index (χ1) is 9.58. The Hall–Kier alpha value is -1.00. The molecule has 1 aliphatic rings. The minimum absolute atomic E-state index is 0.238. The fraction of sp³-hybridized carbons (Fsp3) is 0.562. The third kappa shape index (κ3) is 3.18. The van der Waals surface area contributed by atoms with Gasteiger partial charge in [0.15, 0.2) is 0 Å². The molecule has 0 spiro atoms. The van der Waals surface area contributed by atoms with Gasteiger partial charge in [0.2, 0.25) is 0 Å². The zero-order valence-electron chi connectivity index (χ0n) is 12.2. The lowest BCUT2D eigenvalue weighted by Gasteiger charge is -2.31. The summed E-state index contributed by atoms with van der Waals surface area (Å²) >= 11 is 1.82. The second kappa shape index (κ2) is 6.64. The van der Waals surface area contributed by atoms with Gasteiger partial charge in [-0.05, 0) is 57.0 Å². The molecule has 2 atom stereocenters. The first kappa shape index (κ1) is 15.4. The summed E-state index contributed by atoms with van der Waals surface area (Å²) in [5, 5.41) is 12.6. The van der Waals surface area contributed by atoms with Crippen LogP contribution in [0.2, 0.25) is 0 Å². The number of hydrogen-bond donors (Lipinski definition) is 2. The Morgan fingerprint density at radius 2 is 2.35 bits per heavy atom. The van der Waals surface area contributed by atoms with Crippen LogP contribution in [0, 0.1) is 12.8 Å². The van der Waals surface area contributed by atoms with Crippen LogP contribution in [0.3, 0.4) is 0 Å². The van der Waals surface area contributed by atoms with E-state index in [4.69, 9.17) is 0 Å². The molecule has 2 rings (SSSR count). The maximum Gasteiger partial charge on any atom is 0.324 e. The van der Waals surface area contributed by atoms with Crippen LogP contribution in [0.5, 0.6) is 0 Å². The number of carboxylic acid groups (broad SMARTS) is 1. The summed E-state index contributed by atoms with van der Waals surface area (Å²) in [7, 11) is 1.78. The Kier molecular flexibility index (Phi) is 5.11. The lowest BCUT2D eigenvalue weighted by atomic mass is 9.85. The van der Waals surface area contributed by atoms with Crippen molar-refractivity contribution in [3.8, 4) is 0 Å². The predicted octanol–water partition coefficient (Wildman–Crippen LogP) is 3.32. The number of carbonyl (C=O) groups is 1. The molecule has 4 heteroatoms. The third-order valence-electron chi connectivity index (χ3n) is 4.37. The molecule has 0 radical (unpaired) electrons. The number of hydrogen-bond acceptors (Lipinski definition) is 3. The molecule has 2 unspecified atom stereocenters. The quantitative estimate of drug-likeness (QED) is 0.790. The first-order valence-corrected chi connectivity index (χ1v) is 8.19. The van der Waals surface area contributed by atoms with E-state index in [2.05, 4.69) is 36.5 Å². The van der Waals surface area contributed by atoms with E-state index < -0.39 is 11.5 Å². The fourth-order valence-corrected chi connectivity index (χ4v) is 4.29. The van der Waals surface area contributed by atoms with Crippen molar-refractivity contribution < 1.29 is 9.90 Å². The molecular weight excluding hydrogens is 270 g/mol. The van der Waals surface area contributed by atoms with Crippen molar-refractivity contribution >= 4 is 17.7 Å². The maximum atomic E-state index is 11.6. The zero-order chi connectivity index (χ0) is 14.6.